The number of carbonyl (C=O) groups excluding carboxylic acids is 3. The fraction of sp³-hybridized carbons (Fsp3) is 0.370. The van der Waals surface area contributed by atoms with Gasteiger partial charge >= 0.3 is 0 Å². The van der Waals surface area contributed by atoms with E-state index < -0.39 is 0 Å². The Balaban J connectivity index is 1.76. The van der Waals surface area contributed by atoms with Gasteiger partial charge in [-0.1, -0.05) is 58.0 Å². The van der Waals surface area contributed by atoms with Crippen molar-refractivity contribution in [2.24, 2.45) is 5.92 Å². The van der Waals surface area contributed by atoms with Crippen LogP contribution in [0.4, 0.5) is 5.69 Å². The maximum Gasteiger partial charge on any atom is 0.251 e. The standard InChI is InChI=1S/C27H34N2O3S/c1-6-24(33-19(4)5)20-13-15-23(16-14-20)29-25(30)8-7-17-28-27(32)22-11-9-21(10-12-22)26(31)18(2)3/h6,9-16,18-19H,7-8,17H2,1-5H3,(H,28,32)(H,29,30)/b24-6+. The van der Waals surface area contributed by atoms with Crippen LogP contribution >= 0.6 is 11.8 Å². The molecule has 0 heterocycles. The first-order chi connectivity index (χ1) is 15.7. The van der Waals surface area contributed by atoms with Crippen molar-refractivity contribution >= 4 is 40.0 Å². The Morgan fingerprint density at radius 2 is 1.45 bits per heavy atom. The number of anilines is 1. The molecule has 2 aromatic rings. The smallest absolute Gasteiger partial charge is 0.251 e. The number of amides is 2. The second kappa shape index (κ2) is 13.0. The molecule has 6 heteroatoms. The maximum absolute atomic E-state index is 12.3. The van der Waals surface area contributed by atoms with Gasteiger partial charge in [0.05, 0.1) is 0 Å². The molecule has 0 spiro atoms. The molecule has 5 nitrogen and oxygen atoms in total. The van der Waals surface area contributed by atoms with Gasteiger partial charge in [-0.3, -0.25) is 14.4 Å². The van der Waals surface area contributed by atoms with Crippen LogP contribution in [0.2, 0.25) is 0 Å². The maximum atomic E-state index is 12.3. The van der Waals surface area contributed by atoms with Crippen LogP contribution in [0.25, 0.3) is 4.91 Å². The third-order valence-electron chi connectivity index (χ3n) is 4.90. The van der Waals surface area contributed by atoms with Gasteiger partial charge in [-0.15, -0.1) is 11.8 Å². The van der Waals surface area contributed by atoms with E-state index >= 15 is 0 Å². The predicted molar refractivity (Wildman–Crippen MR) is 139 cm³/mol. The Hall–Kier alpha value is -2.86. The SMILES string of the molecule is C/C=C(/SC(C)C)c1ccc(NC(=O)CCCNC(=O)c2ccc(C(=O)C(C)C)cc2)cc1. The van der Waals surface area contributed by atoms with Gasteiger partial charge in [0.25, 0.3) is 5.91 Å². The Morgan fingerprint density at radius 3 is 2.00 bits per heavy atom. The van der Waals surface area contributed by atoms with Crippen LogP contribution in [0.3, 0.4) is 0 Å². The second-order valence-electron chi connectivity index (χ2n) is 8.40. The van der Waals surface area contributed by atoms with E-state index in [1.165, 1.54) is 4.91 Å². The number of ketones is 1. The Bertz CT molecular complexity index is 977. The van der Waals surface area contributed by atoms with Crippen LogP contribution in [-0.2, 0) is 4.79 Å². The van der Waals surface area contributed by atoms with Crippen LogP contribution in [0, 0.1) is 5.92 Å². The molecule has 0 unspecified atom stereocenters. The van der Waals surface area contributed by atoms with Crippen molar-refractivity contribution in [1.82, 2.24) is 5.32 Å². The summed E-state index contributed by atoms with van der Waals surface area (Å²) >= 11 is 1.81. The third kappa shape index (κ3) is 8.54. The van der Waals surface area contributed by atoms with E-state index in [1.807, 2.05) is 56.8 Å². The van der Waals surface area contributed by atoms with Gasteiger partial charge in [0, 0.05) is 45.9 Å². The average molecular weight is 467 g/mol. The number of benzene rings is 2. The molecule has 2 N–H and O–H groups in total. The molecule has 2 rings (SSSR count). The van der Waals surface area contributed by atoms with Crippen molar-refractivity contribution in [2.75, 3.05) is 11.9 Å². The van der Waals surface area contributed by atoms with Crippen LogP contribution in [-0.4, -0.2) is 29.4 Å². The molecule has 0 fully saturated rings. The number of allylic oxidation sites excluding steroid dienone is 1. The third-order valence-corrected chi connectivity index (χ3v) is 6.10. The summed E-state index contributed by atoms with van der Waals surface area (Å²) in [6.07, 6.45) is 2.95. The average Bonchev–Trinajstić information content (AvgIpc) is 2.80. The summed E-state index contributed by atoms with van der Waals surface area (Å²) in [4.78, 5) is 37.7. The molecule has 0 atom stereocenters. The van der Waals surface area contributed by atoms with Crippen LogP contribution in [0.1, 0.15) is 73.7 Å². The highest BCUT2D eigenvalue weighted by molar-refractivity contribution is 8.08. The van der Waals surface area contributed by atoms with Crippen molar-refractivity contribution in [1.29, 1.82) is 0 Å². The van der Waals surface area contributed by atoms with Crippen molar-refractivity contribution in [3.8, 4) is 0 Å². The number of hydrogen-bond acceptors (Lipinski definition) is 4. The fourth-order valence-electron chi connectivity index (χ4n) is 3.17. The zero-order valence-electron chi connectivity index (χ0n) is 20.1. The van der Waals surface area contributed by atoms with E-state index in [9.17, 15) is 14.4 Å². The monoisotopic (exact) mass is 466 g/mol. The molecule has 0 aliphatic heterocycles. The number of hydrogen-bond donors (Lipinski definition) is 2. The van der Waals surface area contributed by atoms with E-state index in [0.29, 0.717) is 35.8 Å². The number of nitrogens with one attached hydrogen (secondary N) is 2. The van der Waals surface area contributed by atoms with Crippen molar-refractivity contribution in [2.45, 2.75) is 52.7 Å². The quantitative estimate of drug-likeness (QED) is 0.306. The van der Waals surface area contributed by atoms with Crippen molar-refractivity contribution in [3.05, 3.63) is 71.3 Å². The first-order valence-electron chi connectivity index (χ1n) is 11.4. The molecule has 0 radical (unpaired) electrons. The highest BCUT2D eigenvalue weighted by Crippen LogP contribution is 2.31. The van der Waals surface area contributed by atoms with Gasteiger partial charge in [-0.25, -0.2) is 0 Å². The van der Waals surface area contributed by atoms with Gasteiger partial charge in [0.15, 0.2) is 5.78 Å². The lowest BCUT2D eigenvalue weighted by Gasteiger charge is -2.11. The van der Waals surface area contributed by atoms with Crippen molar-refractivity contribution in [3.63, 3.8) is 0 Å². The highest BCUT2D eigenvalue weighted by Gasteiger charge is 2.12. The number of Topliss-reactive ketones (excluding diaryl/α,β-unsaturated/α-hetero) is 1. The molecule has 2 aromatic carbocycles. The van der Waals surface area contributed by atoms with E-state index in [0.717, 1.165) is 11.3 Å². The first-order valence-corrected chi connectivity index (χ1v) is 12.2. The molecule has 0 saturated heterocycles. The summed E-state index contributed by atoms with van der Waals surface area (Å²) in [7, 11) is 0. The van der Waals surface area contributed by atoms with E-state index in [1.54, 1.807) is 24.3 Å². The van der Waals surface area contributed by atoms with Crippen LogP contribution in [0.15, 0.2) is 54.6 Å². The zero-order chi connectivity index (χ0) is 24.4. The molecule has 0 aliphatic carbocycles. The minimum absolute atomic E-state index is 0.0549. The van der Waals surface area contributed by atoms with Gasteiger partial charge < -0.3 is 10.6 Å². The molecule has 0 aromatic heterocycles. The zero-order valence-corrected chi connectivity index (χ0v) is 20.9. The first kappa shape index (κ1) is 26.4. The Morgan fingerprint density at radius 1 is 0.879 bits per heavy atom. The minimum atomic E-state index is -0.214. The lowest BCUT2D eigenvalue weighted by Crippen LogP contribution is -2.25. The Kier molecular flexibility index (Phi) is 10.4. The van der Waals surface area contributed by atoms with E-state index in [-0.39, 0.29) is 23.5 Å². The fourth-order valence-corrected chi connectivity index (χ4v) is 4.09. The summed E-state index contributed by atoms with van der Waals surface area (Å²) in [5.74, 6) is -0.326. The summed E-state index contributed by atoms with van der Waals surface area (Å²) < 4.78 is 0. The summed E-state index contributed by atoms with van der Waals surface area (Å²) in [6, 6.07) is 14.5. The number of carbonyl (C=O) groups is 3. The molecular formula is C27H34N2O3S. The predicted octanol–water partition coefficient (Wildman–Crippen LogP) is 6.18. The minimum Gasteiger partial charge on any atom is -0.352 e. The van der Waals surface area contributed by atoms with Crippen LogP contribution < -0.4 is 10.6 Å². The molecule has 0 saturated carbocycles. The summed E-state index contributed by atoms with van der Waals surface area (Å²) in [5.41, 5.74) is 3.00. The van der Waals surface area contributed by atoms with E-state index in [4.69, 9.17) is 0 Å². The van der Waals surface area contributed by atoms with Gasteiger partial charge in [-0.05, 0) is 43.2 Å². The Labute approximate surface area is 201 Å². The summed E-state index contributed by atoms with van der Waals surface area (Å²) in [6.45, 7) is 10.5. The molecule has 0 bridgehead atoms. The normalized spacial score (nSPS) is 11.5. The topological polar surface area (TPSA) is 75.3 Å². The van der Waals surface area contributed by atoms with Crippen LogP contribution in [0.5, 0.6) is 0 Å². The molecule has 2 amide bonds. The summed E-state index contributed by atoms with van der Waals surface area (Å²) in [5, 5.41) is 6.23. The molecular weight excluding hydrogens is 432 g/mol. The molecule has 0 aliphatic rings. The second-order valence-corrected chi connectivity index (χ2v) is 10.0. The number of rotatable bonds is 11. The van der Waals surface area contributed by atoms with Crippen molar-refractivity contribution < 1.29 is 14.4 Å². The highest BCUT2D eigenvalue weighted by atomic mass is 32.2. The lowest BCUT2D eigenvalue weighted by atomic mass is 10.00. The van der Waals surface area contributed by atoms with Gasteiger partial charge in [0.2, 0.25) is 5.91 Å². The molecule has 33 heavy (non-hydrogen) atoms. The van der Waals surface area contributed by atoms with Gasteiger partial charge in [-0.2, -0.15) is 0 Å². The lowest BCUT2D eigenvalue weighted by molar-refractivity contribution is -0.116. The van der Waals surface area contributed by atoms with Gasteiger partial charge in [0.1, 0.15) is 0 Å². The molecule has 176 valence electrons. The number of thioether (sulfide) groups is 1. The largest absolute Gasteiger partial charge is 0.352 e. The van der Waals surface area contributed by atoms with E-state index in [2.05, 4.69) is 30.6 Å².